The second-order valence-electron chi connectivity index (χ2n) is 5.43. The number of ether oxygens (including phenoxy) is 1. The molecule has 0 aliphatic rings. The summed E-state index contributed by atoms with van der Waals surface area (Å²) in [6.07, 6.45) is 1.81. The molecule has 3 rings (SSSR count). The third-order valence-corrected chi connectivity index (χ3v) is 3.79. The SMILES string of the molecule is COc1cc(-c2ccc(C)c3ncccc23)ccc1NC(C)=O. The van der Waals surface area contributed by atoms with Gasteiger partial charge in [0.05, 0.1) is 18.3 Å². The maximum atomic E-state index is 11.3. The minimum absolute atomic E-state index is 0.124. The van der Waals surface area contributed by atoms with E-state index in [1.54, 1.807) is 13.3 Å². The lowest BCUT2D eigenvalue weighted by atomic mass is 9.98. The molecule has 0 fully saturated rings. The standard InChI is InChI=1S/C19H18N2O2/c1-12-6-8-15(16-5-4-10-20-19(12)16)14-7-9-17(21-13(2)22)18(11-14)23-3/h4-11H,1-3H3,(H,21,22). The smallest absolute Gasteiger partial charge is 0.221 e. The molecular formula is C19H18N2O2. The van der Waals surface area contributed by atoms with Crippen LogP contribution in [0.3, 0.4) is 0 Å². The summed E-state index contributed by atoms with van der Waals surface area (Å²) >= 11 is 0. The van der Waals surface area contributed by atoms with Crippen molar-refractivity contribution in [3.8, 4) is 16.9 Å². The van der Waals surface area contributed by atoms with Crippen LogP contribution in [0.1, 0.15) is 12.5 Å². The molecule has 0 atom stereocenters. The van der Waals surface area contributed by atoms with Crippen LogP contribution < -0.4 is 10.1 Å². The monoisotopic (exact) mass is 306 g/mol. The largest absolute Gasteiger partial charge is 0.495 e. The number of carbonyl (C=O) groups is 1. The average molecular weight is 306 g/mol. The lowest BCUT2D eigenvalue weighted by molar-refractivity contribution is -0.114. The molecule has 4 heteroatoms. The zero-order chi connectivity index (χ0) is 16.4. The van der Waals surface area contributed by atoms with Gasteiger partial charge in [-0.15, -0.1) is 0 Å². The van der Waals surface area contributed by atoms with Gasteiger partial charge in [0.1, 0.15) is 5.75 Å². The first-order valence-electron chi connectivity index (χ1n) is 7.40. The first kappa shape index (κ1) is 15.0. The summed E-state index contributed by atoms with van der Waals surface area (Å²) in [6, 6.07) is 13.9. The number of aryl methyl sites for hydroxylation is 1. The molecule has 0 unspecified atom stereocenters. The Morgan fingerprint density at radius 3 is 2.74 bits per heavy atom. The van der Waals surface area contributed by atoms with E-state index in [2.05, 4.69) is 35.4 Å². The number of fused-ring (bicyclic) bond motifs is 1. The molecule has 1 N–H and O–H groups in total. The van der Waals surface area contributed by atoms with E-state index in [9.17, 15) is 4.79 Å². The van der Waals surface area contributed by atoms with E-state index in [0.29, 0.717) is 11.4 Å². The number of aromatic nitrogens is 1. The molecule has 4 nitrogen and oxygen atoms in total. The summed E-state index contributed by atoms with van der Waals surface area (Å²) in [5.74, 6) is 0.511. The second kappa shape index (κ2) is 6.08. The molecule has 116 valence electrons. The third-order valence-electron chi connectivity index (χ3n) is 3.79. The number of rotatable bonds is 3. The zero-order valence-electron chi connectivity index (χ0n) is 13.4. The average Bonchev–Trinajstić information content (AvgIpc) is 2.55. The topological polar surface area (TPSA) is 51.2 Å². The number of nitrogens with one attached hydrogen (secondary N) is 1. The number of hydrogen-bond acceptors (Lipinski definition) is 3. The molecule has 0 saturated carbocycles. The molecule has 2 aromatic carbocycles. The van der Waals surface area contributed by atoms with Crippen LogP contribution in [0, 0.1) is 6.92 Å². The zero-order valence-corrected chi connectivity index (χ0v) is 13.4. The summed E-state index contributed by atoms with van der Waals surface area (Å²) in [6.45, 7) is 3.53. The van der Waals surface area contributed by atoms with Crippen molar-refractivity contribution in [1.29, 1.82) is 0 Å². The molecule has 1 aromatic heterocycles. The minimum atomic E-state index is -0.124. The minimum Gasteiger partial charge on any atom is -0.495 e. The molecule has 0 aliphatic heterocycles. The van der Waals surface area contributed by atoms with Gasteiger partial charge < -0.3 is 10.1 Å². The fourth-order valence-electron chi connectivity index (χ4n) is 2.72. The van der Waals surface area contributed by atoms with E-state index >= 15 is 0 Å². The number of nitrogens with zero attached hydrogens (tertiary/aromatic N) is 1. The van der Waals surface area contributed by atoms with E-state index in [4.69, 9.17) is 4.74 Å². The van der Waals surface area contributed by atoms with Gasteiger partial charge in [-0.1, -0.05) is 24.3 Å². The van der Waals surface area contributed by atoms with Crippen LogP contribution in [-0.2, 0) is 4.79 Å². The Morgan fingerprint density at radius 2 is 2.00 bits per heavy atom. The summed E-state index contributed by atoms with van der Waals surface area (Å²) < 4.78 is 5.41. The maximum absolute atomic E-state index is 11.3. The van der Waals surface area contributed by atoms with E-state index in [1.807, 2.05) is 24.3 Å². The van der Waals surface area contributed by atoms with Crippen molar-refractivity contribution in [3.05, 3.63) is 54.2 Å². The Hall–Kier alpha value is -2.88. The number of methoxy groups -OCH3 is 1. The predicted molar refractivity (Wildman–Crippen MR) is 92.8 cm³/mol. The van der Waals surface area contributed by atoms with Crippen molar-refractivity contribution in [2.75, 3.05) is 12.4 Å². The molecule has 0 aliphatic carbocycles. The number of carbonyl (C=O) groups excluding carboxylic acids is 1. The lowest BCUT2D eigenvalue weighted by Crippen LogP contribution is -2.07. The number of amides is 1. The van der Waals surface area contributed by atoms with Crippen molar-refractivity contribution in [2.24, 2.45) is 0 Å². The van der Waals surface area contributed by atoms with E-state index in [0.717, 1.165) is 27.6 Å². The number of benzene rings is 2. The molecule has 1 amide bonds. The lowest BCUT2D eigenvalue weighted by Gasteiger charge is -2.13. The van der Waals surface area contributed by atoms with Crippen LogP contribution in [0.4, 0.5) is 5.69 Å². The van der Waals surface area contributed by atoms with Gasteiger partial charge in [-0.05, 0) is 41.8 Å². The summed E-state index contributed by atoms with van der Waals surface area (Å²) in [4.78, 5) is 15.8. The van der Waals surface area contributed by atoms with Gasteiger partial charge in [-0.2, -0.15) is 0 Å². The van der Waals surface area contributed by atoms with Crippen LogP contribution in [0.15, 0.2) is 48.7 Å². The van der Waals surface area contributed by atoms with Crippen LogP contribution in [0.25, 0.3) is 22.0 Å². The van der Waals surface area contributed by atoms with Crippen molar-refractivity contribution in [2.45, 2.75) is 13.8 Å². The Morgan fingerprint density at radius 1 is 1.17 bits per heavy atom. The second-order valence-corrected chi connectivity index (χ2v) is 5.43. The van der Waals surface area contributed by atoms with Crippen LogP contribution in [-0.4, -0.2) is 18.0 Å². The highest BCUT2D eigenvalue weighted by Crippen LogP contribution is 2.34. The van der Waals surface area contributed by atoms with Gasteiger partial charge in [0.15, 0.2) is 0 Å². The summed E-state index contributed by atoms with van der Waals surface area (Å²) in [5.41, 5.74) is 4.92. The van der Waals surface area contributed by atoms with Crippen molar-refractivity contribution >= 4 is 22.5 Å². The summed E-state index contributed by atoms with van der Waals surface area (Å²) in [5, 5.41) is 3.87. The fraction of sp³-hybridized carbons (Fsp3) is 0.158. The molecule has 0 radical (unpaired) electrons. The molecule has 3 aromatic rings. The Kier molecular flexibility index (Phi) is 3.98. The van der Waals surface area contributed by atoms with Gasteiger partial charge in [0, 0.05) is 18.5 Å². The van der Waals surface area contributed by atoms with Gasteiger partial charge in [-0.25, -0.2) is 0 Å². The van der Waals surface area contributed by atoms with E-state index in [1.165, 1.54) is 6.92 Å². The highest BCUT2D eigenvalue weighted by atomic mass is 16.5. The highest BCUT2D eigenvalue weighted by Gasteiger charge is 2.10. The highest BCUT2D eigenvalue weighted by molar-refractivity contribution is 5.97. The molecule has 0 spiro atoms. The Balaban J connectivity index is 2.16. The van der Waals surface area contributed by atoms with E-state index in [-0.39, 0.29) is 5.91 Å². The third kappa shape index (κ3) is 2.88. The van der Waals surface area contributed by atoms with Crippen molar-refractivity contribution in [1.82, 2.24) is 4.98 Å². The Bertz CT molecular complexity index is 888. The van der Waals surface area contributed by atoms with Crippen LogP contribution in [0.2, 0.25) is 0 Å². The van der Waals surface area contributed by atoms with Crippen LogP contribution in [0.5, 0.6) is 5.75 Å². The predicted octanol–water partition coefficient (Wildman–Crippen LogP) is 4.18. The number of anilines is 1. The first-order chi connectivity index (χ1) is 11.1. The molecule has 1 heterocycles. The fourth-order valence-corrected chi connectivity index (χ4v) is 2.72. The Labute approximate surface area is 135 Å². The molecular weight excluding hydrogens is 288 g/mol. The number of pyridine rings is 1. The van der Waals surface area contributed by atoms with Gasteiger partial charge >= 0.3 is 0 Å². The van der Waals surface area contributed by atoms with Crippen molar-refractivity contribution in [3.63, 3.8) is 0 Å². The van der Waals surface area contributed by atoms with Crippen molar-refractivity contribution < 1.29 is 9.53 Å². The van der Waals surface area contributed by atoms with Gasteiger partial charge in [-0.3, -0.25) is 9.78 Å². The molecule has 0 bridgehead atoms. The first-order valence-corrected chi connectivity index (χ1v) is 7.40. The number of hydrogen-bond donors (Lipinski definition) is 1. The normalized spacial score (nSPS) is 10.6. The van der Waals surface area contributed by atoms with Gasteiger partial charge in [0.2, 0.25) is 5.91 Å². The quantitative estimate of drug-likeness (QED) is 0.790. The van der Waals surface area contributed by atoms with E-state index < -0.39 is 0 Å². The molecule has 0 saturated heterocycles. The van der Waals surface area contributed by atoms with Crippen LogP contribution >= 0.6 is 0 Å². The summed E-state index contributed by atoms with van der Waals surface area (Å²) in [7, 11) is 1.60. The maximum Gasteiger partial charge on any atom is 0.221 e. The molecule has 23 heavy (non-hydrogen) atoms. The van der Waals surface area contributed by atoms with Gasteiger partial charge in [0.25, 0.3) is 0 Å².